The summed E-state index contributed by atoms with van der Waals surface area (Å²) in [5, 5.41) is 29.3. The summed E-state index contributed by atoms with van der Waals surface area (Å²) in [6, 6.07) is 0.959. The highest BCUT2D eigenvalue weighted by Gasteiger charge is 2.54. The van der Waals surface area contributed by atoms with E-state index in [0.717, 1.165) is 21.9 Å². The molecular formula is C22H22N7O7S4+. The molecule has 2 amide bonds. The summed E-state index contributed by atoms with van der Waals surface area (Å²) in [7, 11) is 1.94. The fourth-order valence-electron chi connectivity index (χ4n) is 4.07. The van der Waals surface area contributed by atoms with Crippen LogP contribution < -0.4 is 20.9 Å². The van der Waals surface area contributed by atoms with Gasteiger partial charge in [-0.15, -0.1) is 34.9 Å². The largest absolute Gasteiger partial charge is 0.479 e. The quantitative estimate of drug-likeness (QED) is 0.105. The molecule has 2 aromatic rings. The number of aryl methyl sites for hydroxylation is 1. The minimum Gasteiger partial charge on any atom is -0.479 e. The van der Waals surface area contributed by atoms with Crippen LogP contribution >= 0.6 is 46.6 Å². The maximum Gasteiger partial charge on any atom is 0.352 e. The van der Waals surface area contributed by atoms with E-state index in [1.165, 1.54) is 22.0 Å². The highest BCUT2D eigenvalue weighted by Crippen LogP contribution is 2.45. The van der Waals surface area contributed by atoms with Gasteiger partial charge in [0.2, 0.25) is 6.61 Å². The first kappa shape index (κ1) is 28.1. The Balaban J connectivity index is 1.26. The predicted octanol–water partition coefficient (Wildman–Crippen LogP) is 0.328. The van der Waals surface area contributed by atoms with Crippen molar-refractivity contribution in [3.8, 4) is 0 Å². The number of oxime groups is 1. The number of anilines is 2. The fourth-order valence-corrected chi connectivity index (χ4v) is 8.58. The number of hydrogen-bond acceptors (Lipinski definition) is 13. The van der Waals surface area contributed by atoms with Gasteiger partial charge in [-0.25, -0.2) is 19.1 Å². The Labute approximate surface area is 243 Å². The van der Waals surface area contributed by atoms with Crippen LogP contribution in [0, 0.1) is 0 Å². The number of thioether (sulfide) groups is 3. The molecule has 210 valence electrons. The molecule has 2 aromatic heterocycles. The van der Waals surface area contributed by atoms with Crippen LogP contribution in [0.5, 0.6) is 0 Å². The Morgan fingerprint density at radius 3 is 2.90 bits per heavy atom. The Morgan fingerprint density at radius 2 is 2.20 bits per heavy atom. The lowest BCUT2D eigenvalue weighted by molar-refractivity contribution is -0.673. The van der Waals surface area contributed by atoms with Crippen molar-refractivity contribution in [1.29, 1.82) is 0 Å². The summed E-state index contributed by atoms with van der Waals surface area (Å²) in [5.41, 5.74) is 6.88. The monoisotopic (exact) mass is 624 g/mol. The van der Waals surface area contributed by atoms with Crippen molar-refractivity contribution in [2.45, 2.75) is 21.0 Å². The molecule has 3 aliphatic heterocycles. The number of nitrogens with zero attached hydrogens (tertiary/aromatic N) is 4. The number of aromatic nitrogens is 2. The molecule has 1 saturated heterocycles. The maximum absolute atomic E-state index is 13.1. The molecule has 5 rings (SSSR count). The van der Waals surface area contributed by atoms with Gasteiger partial charge in [-0.3, -0.25) is 14.5 Å². The molecule has 3 atom stereocenters. The SMILES string of the molecule is C[n+]1ccc2c(c1)SC(SCC1=C(C(=O)O)N3C(=O)C(NC(=O)/C(=N\OCC(=O)O)c4csc(N)n4)[C@H]3SC1)N2. The van der Waals surface area contributed by atoms with E-state index in [1.54, 1.807) is 23.5 Å². The first-order valence-electron chi connectivity index (χ1n) is 11.5. The topological polar surface area (TPSA) is 200 Å². The number of nitrogens with one attached hydrogen (secondary N) is 2. The lowest BCUT2D eigenvalue weighted by atomic mass is 10.0. The number of pyridine rings is 1. The third-order valence-electron chi connectivity index (χ3n) is 5.84. The minimum atomic E-state index is -1.30. The van der Waals surface area contributed by atoms with Crippen molar-refractivity contribution in [2.75, 3.05) is 29.2 Å². The van der Waals surface area contributed by atoms with Gasteiger partial charge in [0.25, 0.3) is 11.8 Å². The maximum atomic E-state index is 13.1. The lowest BCUT2D eigenvalue weighted by Crippen LogP contribution is -2.71. The summed E-state index contributed by atoms with van der Waals surface area (Å²) in [6.45, 7) is -0.794. The number of nitrogen functional groups attached to an aromatic ring is 1. The number of amides is 2. The minimum absolute atomic E-state index is 0.0115. The van der Waals surface area contributed by atoms with Gasteiger partial charge in [-0.1, -0.05) is 16.9 Å². The van der Waals surface area contributed by atoms with E-state index < -0.39 is 41.8 Å². The zero-order chi connectivity index (χ0) is 28.6. The third-order valence-corrected chi connectivity index (χ3v) is 10.4. The number of carbonyl (C=O) groups is 4. The Morgan fingerprint density at radius 1 is 1.40 bits per heavy atom. The molecule has 0 saturated carbocycles. The van der Waals surface area contributed by atoms with Crippen molar-refractivity contribution >= 4 is 86.9 Å². The van der Waals surface area contributed by atoms with E-state index in [2.05, 4.69) is 20.8 Å². The summed E-state index contributed by atoms with van der Waals surface area (Å²) in [4.78, 5) is 60.1. The molecule has 14 nitrogen and oxygen atoms in total. The molecule has 0 aromatic carbocycles. The van der Waals surface area contributed by atoms with Crippen molar-refractivity contribution in [3.63, 3.8) is 0 Å². The van der Waals surface area contributed by atoms with Crippen LogP contribution in [0.4, 0.5) is 10.8 Å². The van der Waals surface area contributed by atoms with Crippen molar-refractivity contribution in [3.05, 3.63) is 40.8 Å². The number of hydrogen-bond donors (Lipinski definition) is 5. The number of carbonyl (C=O) groups excluding carboxylic acids is 2. The number of rotatable bonds is 10. The van der Waals surface area contributed by atoms with Crippen molar-refractivity contribution < 1.29 is 38.8 Å². The molecular weight excluding hydrogens is 603 g/mol. The van der Waals surface area contributed by atoms with E-state index in [1.807, 2.05) is 30.1 Å². The van der Waals surface area contributed by atoms with E-state index in [0.29, 0.717) is 17.1 Å². The van der Waals surface area contributed by atoms with Crippen LogP contribution in [0.2, 0.25) is 0 Å². The van der Waals surface area contributed by atoms with Crippen LogP contribution in [0.25, 0.3) is 0 Å². The lowest BCUT2D eigenvalue weighted by Gasteiger charge is -2.49. The number of nitrogens with two attached hydrogens (primary N) is 1. The van der Waals surface area contributed by atoms with E-state index in [4.69, 9.17) is 15.7 Å². The second kappa shape index (κ2) is 11.6. The number of carboxylic acid groups (broad SMARTS) is 2. The highest BCUT2D eigenvalue weighted by molar-refractivity contribution is 8.17. The number of aliphatic carboxylic acids is 2. The second-order valence-corrected chi connectivity index (χ2v) is 13.1. The van der Waals surface area contributed by atoms with Crippen LogP contribution in [0.1, 0.15) is 5.69 Å². The number of fused-ring (bicyclic) bond motifs is 2. The van der Waals surface area contributed by atoms with Gasteiger partial charge in [0.1, 0.15) is 34.6 Å². The first-order chi connectivity index (χ1) is 19.1. The molecule has 2 unspecified atom stereocenters. The summed E-state index contributed by atoms with van der Waals surface area (Å²) < 4.78 is 1.95. The fraction of sp³-hybridized carbons (Fsp3) is 0.318. The van der Waals surface area contributed by atoms with E-state index in [-0.39, 0.29) is 26.9 Å². The van der Waals surface area contributed by atoms with Gasteiger partial charge in [0.05, 0.1) is 10.6 Å². The van der Waals surface area contributed by atoms with Crippen LogP contribution in [0.15, 0.2) is 45.2 Å². The molecule has 5 heterocycles. The molecule has 3 aliphatic rings. The molecule has 1 fully saturated rings. The number of thiazole rings is 1. The standard InChI is InChI=1S/C22H21N7O7S4/c1-28-3-2-10-12(4-28)40-22(25-10)39-7-9-6-37-19-15(18(33)29(19)16(9)20(34)35)26-17(32)14(27-36-5-13(30)31)11-8-38-21(23)24-11/h2-4,8,15,19,22H,5-7H2,1H3,(H5,23,24,26,30,31,32,34,35)/p+1/b27-14-/t15?,19-,22?/m1/s1. The zero-order valence-electron chi connectivity index (χ0n) is 20.6. The summed E-state index contributed by atoms with van der Waals surface area (Å²) >= 11 is 5.56. The van der Waals surface area contributed by atoms with Gasteiger partial charge >= 0.3 is 11.9 Å². The van der Waals surface area contributed by atoms with Crippen molar-refractivity contribution in [1.82, 2.24) is 15.2 Å². The predicted molar refractivity (Wildman–Crippen MR) is 150 cm³/mol. The average Bonchev–Trinajstić information content (AvgIpc) is 3.52. The molecule has 0 radical (unpaired) electrons. The van der Waals surface area contributed by atoms with E-state index in [9.17, 15) is 24.3 Å². The van der Waals surface area contributed by atoms with E-state index >= 15 is 0 Å². The summed E-state index contributed by atoms with van der Waals surface area (Å²) in [5.74, 6) is -3.18. The molecule has 0 bridgehead atoms. The molecule has 0 spiro atoms. The van der Waals surface area contributed by atoms with Crippen LogP contribution in [-0.2, 0) is 31.1 Å². The second-order valence-electron chi connectivity index (χ2n) is 8.59. The Kier molecular flexibility index (Phi) is 8.11. The Bertz CT molecular complexity index is 1460. The third kappa shape index (κ3) is 5.70. The molecule has 40 heavy (non-hydrogen) atoms. The zero-order valence-corrected chi connectivity index (χ0v) is 23.9. The van der Waals surface area contributed by atoms with Gasteiger partial charge in [-0.2, -0.15) is 0 Å². The molecule has 0 aliphatic carbocycles. The molecule has 6 N–H and O–H groups in total. The number of β-lactam (4-membered cyclic amide) rings is 1. The summed E-state index contributed by atoms with van der Waals surface area (Å²) in [6.07, 6.45) is 3.96. The normalized spacial score (nSPS) is 21.7. The van der Waals surface area contributed by atoms with Gasteiger partial charge in [0.15, 0.2) is 23.2 Å². The first-order valence-corrected chi connectivity index (χ1v) is 15.4. The average molecular weight is 625 g/mol. The van der Waals surface area contributed by atoms with Crippen LogP contribution in [-0.4, -0.2) is 83.8 Å². The van der Waals surface area contributed by atoms with Gasteiger partial charge < -0.3 is 31.4 Å². The van der Waals surface area contributed by atoms with Gasteiger partial charge in [0, 0.05) is 23.0 Å². The van der Waals surface area contributed by atoms with Gasteiger partial charge in [-0.05, 0) is 5.57 Å². The van der Waals surface area contributed by atoms with Crippen molar-refractivity contribution in [2.24, 2.45) is 12.2 Å². The highest BCUT2D eigenvalue weighted by atomic mass is 32.2. The number of carboxylic acids is 2. The smallest absolute Gasteiger partial charge is 0.352 e. The van der Waals surface area contributed by atoms with Crippen LogP contribution in [0.3, 0.4) is 0 Å². The Hall–Kier alpha value is -3.48. The molecule has 18 heteroatoms.